The maximum Gasteiger partial charge on any atom is 0.293 e. The first-order chi connectivity index (χ1) is 8.31. The van der Waals surface area contributed by atoms with Gasteiger partial charge in [-0.3, -0.25) is 4.79 Å². The molecule has 1 fully saturated rings. The van der Waals surface area contributed by atoms with Gasteiger partial charge in [-0.25, -0.2) is 0 Å². The molecule has 0 unspecified atom stereocenters. The number of anilines is 2. The number of morpholine rings is 1. The molecular formula is C12H16N2O3. The first kappa shape index (κ1) is 11.7. The monoisotopic (exact) mass is 236 g/mol. The normalized spacial score (nSPS) is 15.6. The lowest BCUT2D eigenvalue weighted by Gasteiger charge is -2.30. The lowest BCUT2D eigenvalue weighted by molar-refractivity contribution is -0.129. The van der Waals surface area contributed by atoms with Crippen LogP contribution in [0.4, 0.5) is 11.4 Å². The van der Waals surface area contributed by atoms with Crippen molar-refractivity contribution >= 4 is 17.8 Å². The summed E-state index contributed by atoms with van der Waals surface area (Å²) in [4.78, 5) is 12.5. The summed E-state index contributed by atoms with van der Waals surface area (Å²) in [6, 6.07) is 5.66. The molecule has 0 spiro atoms. The van der Waals surface area contributed by atoms with E-state index in [2.05, 4.69) is 4.90 Å². The largest absolute Gasteiger partial charge is 0.463 e. The quantitative estimate of drug-likeness (QED) is 0.618. The van der Waals surface area contributed by atoms with E-state index in [1.165, 1.54) is 0 Å². The molecule has 0 radical (unpaired) electrons. The number of hydrogen-bond donors (Lipinski definition) is 1. The molecule has 2 N–H and O–H groups in total. The Labute approximate surface area is 100 Å². The Morgan fingerprint density at radius 1 is 1.41 bits per heavy atom. The van der Waals surface area contributed by atoms with Gasteiger partial charge in [0.05, 0.1) is 13.2 Å². The van der Waals surface area contributed by atoms with Gasteiger partial charge < -0.3 is 20.1 Å². The summed E-state index contributed by atoms with van der Waals surface area (Å²) in [5.74, 6) is 0. The molecule has 1 heterocycles. The highest BCUT2D eigenvalue weighted by Gasteiger charge is 2.15. The summed E-state index contributed by atoms with van der Waals surface area (Å²) < 4.78 is 10.1. The second-order valence-corrected chi connectivity index (χ2v) is 3.89. The zero-order valence-electron chi connectivity index (χ0n) is 9.59. The predicted octanol–water partition coefficient (Wildman–Crippen LogP) is 0.778. The lowest BCUT2D eigenvalue weighted by atomic mass is 10.1. The Hall–Kier alpha value is -1.75. The maximum absolute atomic E-state index is 10.3. The van der Waals surface area contributed by atoms with Crippen LogP contribution in [0.3, 0.4) is 0 Å². The number of nitrogens with two attached hydrogens (primary N) is 1. The number of nitrogens with zero attached hydrogens (tertiary/aromatic N) is 1. The Morgan fingerprint density at radius 3 is 2.88 bits per heavy atom. The summed E-state index contributed by atoms with van der Waals surface area (Å²) in [6.07, 6.45) is 0. The Morgan fingerprint density at radius 2 is 2.18 bits per heavy atom. The van der Waals surface area contributed by atoms with Gasteiger partial charge >= 0.3 is 0 Å². The molecule has 5 heteroatoms. The standard InChI is InChI=1S/C12H16N2O3/c13-11-1-2-12(10(7-11)8-17-9-15)14-3-5-16-6-4-14/h1-2,7,9H,3-6,8,13H2. The van der Waals surface area contributed by atoms with E-state index in [1.807, 2.05) is 18.2 Å². The van der Waals surface area contributed by atoms with Crippen molar-refractivity contribution in [1.29, 1.82) is 0 Å². The van der Waals surface area contributed by atoms with Crippen molar-refractivity contribution in [2.75, 3.05) is 36.9 Å². The van der Waals surface area contributed by atoms with Crippen molar-refractivity contribution < 1.29 is 14.3 Å². The third-order valence-electron chi connectivity index (χ3n) is 2.76. The van der Waals surface area contributed by atoms with Gasteiger partial charge in [0.25, 0.3) is 6.47 Å². The highest BCUT2D eigenvalue weighted by atomic mass is 16.5. The van der Waals surface area contributed by atoms with Crippen molar-refractivity contribution in [2.45, 2.75) is 6.61 Å². The molecule has 17 heavy (non-hydrogen) atoms. The first-order valence-electron chi connectivity index (χ1n) is 5.57. The number of nitrogen functional groups attached to an aromatic ring is 1. The number of ether oxygens (including phenoxy) is 2. The van der Waals surface area contributed by atoms with Crippen molar-refractivity contribution in [3.63, 3.8) is 0 Å². The topological polar surface area (TPSA) is 64.8 Å². The number of rotatable bonds is 4. The average molecular weight is 236 g/mol. The van der Waals surface area contributed by atoms with Gasteiger partial charge in [0.15, 0.2) is 0 Å². The van der Waals surface area contributed by atoms with E-state index in [0.717, 1.165) is 37.6 Å². The minimum Gasteiger partial charge on any atom is -0.463 e. The fraction of sp³-hybridized carbons (Fsp3) is 0.417. The van der Waals surface area contributed by atoms with E-state index in [1.54, 1.807) is 0 Å². The second kappa shape index (κ2) is 5.54. The fourth-order valence-electron chi connectivity index (χ4n) is 1.96. The van der Waals surface area contributed by atoms with Gasteiger partial charge in [0, 0.05) is 30.0 Å². The van der Waals surface area contributed by atoms with E-state index in [0.29, 0.717) is 12.2 Å². The molecule has 1 saturated heterocycles. The predicted molar refractivity (Wildman–Crippen MR) is 64.7 cm³/mol. The Bertz CT molecular complexity index is 389. The van der Waals surface area contributed by atoms with Crippen LogP contribution in [0.25, 0.3) is 0 Å². The van der Waals surface area contributed by atoms with Crippen LogP contribution in [0.1, 0.15) is 5.56 Å². The lowest BCUT2D eigenvalue weighted by Crippen LogP contribution is -2.36. The third kappa shape index (κ3) is 2.88. The van der Waals surface area contributed by atoms with Crippen LogP contribution in [0.5, 0.6) is 0 Å². The molecule has 1 aliphatic heterocycles. The van der Waals surface area contributed by atoms with E-state index in [9.17, 15) is 4.79 Å². The highest BCUT2D eigenvalue weighted by Crippen LogP contribution is 2.24. The van der Waals surface area contributed by atoms with Gasteiger partial charge in [0.1, 0.15) is 6.61 Å². The van der Waals surface area contributed by atoms with Crippen LogP contribution >= 0.6 is 0 Å². The second-order valence-electron chi connectivity index (χ2n) is 3.89. The molecule has 0 amide bonds. The molecular weight excluding hydrogens is 220 g/mol. The van der Waals surface area contributed by atoms with Gasteiger partial charge in [-0.1, -0.05) is 0 Å². The molecule has 2 rings (SSSR count). The molecule has 0 aromatic heterocycles. The SMILES string of the molecule is Nc1ccc(N2CCOCC2)c(COC=O)c1. The van der Waals surface area contributed by atoms with Gasteiger partial charge in [-0.2, -0.15) is 0 Å². The number of carbonyl (C=O) groups excluding carboxylic acids is 1. The van der Waals surface area contributed by atoms with E-state index < -0.39 is 0 Å². The molecule has 1 aliphatic rings. The van der Waals surface area contributed by atoms with E-state index >= 15 is 0 Å². The van der Waals surface area contributed by atoms with Crippen LogP contribution in [-0.2, 0) is 20.9 Å². The molecule has 1 aromatic carbocycles. The summed E-state index contributed by atoms with van der Waals surface area (Å²) in [7, 11) is 0. The van der Waals surface area contributed by atoms with Crippen molar-refractivity contribution in [1.82, 2.24) is 0 Å². The van der Waals surface area contributed by atoms with Crippen LogP contribution in [0.15, 0.2) is 18.2 Å². The minimum atomic E-state index is 0.251. The zero-order valence-corrected chi connectivity index (χ0v) is 9.59. The summed E-state index contributed by atoms with van der Waals surface area (Å²) >= 11 is 0. The van der Waals surface area contributed by atoms with E-state index in [4.69, 9.17) is 15.2 Å². The van der Waals surface area contributed by atoms with Crippen molar-refractivity contribution in [3.05, 3.63) is 23.8 Å². The van der Waals surface area contributed by atoms with Gasteiger partial charge in [0.2, 0.25) is 0 Å². The Kier molecular flexibility index (Phi) is 3.82. The minimum absolute atomic E-state index is 0.251. The molecule has 0 saturated carbocycles. The van der Waals surface area contributed by atoms with Crippen LogP contribution in [0, 0.1) is 0 Å². The van der Waals surface area contributed by atoms with Crippen molar-refractivity contribution in [3.8, 4) is 0 Å². The number of hydrogen-bond acceptors (Lipinski definition) is 5. The Balaban J connectivity index is 2.20. The fourth-order valence-corrected chi connectivity index (χ4v) is 1.96. The first-order valence-corrected chi connectivity index (χ1v) is 5.57. The third-order valence-corrected chi connectivity index (χ3v) is 2.76. The summed E-state index contributed by atoms with van der Waals surface area (Å²) in [6.45, 7) is 3.83. The van der Waals surface area contributed by atoms with Gasteiger partial charge in [-0.15, -0.1) is 0 Å². The zero-order chi connectivity index (χ0) is 12.1. The molecule has 0 atom stereocenters. The molecule has 1 aromatic rings. The van der Waals surface area contributed by atoms with Crippen molar-refractivity contribution in [2.24, 2.45) is 0 Å². The highest BCUT2D eigenvalue weighted by molar-refractivity contribution is 5.60. The van der Waals surface area contributed by atoms with Crippen LogP contribution in [0.2, 0.25) is 0 Å². The molecule has 0 bridgehead atoms. The number of benzene rings is 1. The molecule has 5 nitrogen and oxygen atoms in total. The molecule has 0 aliphatic carbocycles. The average Bonchev–Trinajstić information content (AvgIpc) is 2.37. The maximum atomic E-state index is 10.3. The van der Waals surface area contributed by atoms with Crippen LogP contribution < -0.4 is 10.6 Å². The molecule has 92 valence electrons. The van der Waals surface area contributed by atoms with Gasteiger partial charge in [-0.05, 0) is 18.2 Å². The summed E-state index contributed by atoms with van der Waals surface area (Å²) in [5, 5.41) is 0. The van der Waals surface area contributed by atoms with Crippen LogP contribution in [-0.4, -0.2) is 32.8 Å². The summed E-state index contributed by atoms with van der Waals surface area (Å²) in [5.41, 5.74) is 8.40. The van der Waals surface area contributed by atoms with E-state index in [-0.39, 0.29) is 6.61 Å². The number of carbonyl (C=O) groups is 1. The smallest absolute Gasteiger partial charge is 0.293 e.